The third-order valence-corrected chi connectivity index (χ3v) is 3.89. The second-order valence-corrected chi connectivity index (χ2v) is 5.62. The summed E-state index contributed by atoms with van der Waals surface area (Å²) in [5.74, 6) is -0.525. The molecular weight excluding hydrogens is 320 g/mol. The largest absolute Gasteiger partial charge is 0.494 e. The van der Waals surface area contributed by atoms with Crippen LogP contribution in [-0.4, -0.2) is 35.8 Å². The summed E-state index contributed by atoms with van der Waals surface area (Å²) in [4.78, 5) is 37.8. The van der Waals surface area contributed by atoms with Crippen LogP contribution in [0.1, 0.15) is 22.8 Å². The summed E-state index contributed by atoms with van der Waals surface area (Å²) in [6.45, 7) is 2.14. The Morgan fingerprint density at radius 2 is 1.84 bits per heavy atom. The van der Waals surface area contributed by atoms with E-state index in [9.17, 15) is 14.4 Å². The molecule has 2 aromatic rings. The van der Waals surface area contributed by atoms with Gasteiger partial charge >= 0.3 is 0 Å². The molecule has 0 aliphatic carbocycles. The normalized spacial score (nSPS) is 13.4. The van der Waals surface area contributed by atoms with E-state index in [-0.39, 0.29) is 18.9 Å². The summed E-state index contributed by atoms with van der Waals surface area (Å²) in [6, 6.07) is 13.8. The van der Waals surface area contributed by atoms with Gasteiger partial charge in [-0.3, -0.25) is 19.3 Å². The first-order valence-electron chi connectivity index (χ1n) is 8.04. The maximum Gasteiger partial charge on any atom is 0.261 e. The van der Waals surface area contributed by atoms with Gasteiger partial charge in [-0.1, -0.05) is 18.2 Å². The van der Waals surface area contributed by atoms with Crippen molar-refractivity contribution in [2.45, 2.75) is 13.3 Å². The number of rotatable bonds is 5. The van der Waals surface area contributed by atoms with E-state index >= 15 is 0 Å². The van der Waals surface area contributed by atoms with Gasteiger partial charge in [0.05, 0.1) is 13.0 Å². The molecule has 0 fully saturated rings. The van der Waals surface area contributed by atoms with Crippen molar-refractivity contribution < 1.29 is 19.1 Å². The van der Waals surface area contributed by atoms with Crippen LogP contribution in [0.5, 0.6) is 5.75 Å². The van der Waals surface area contributed by atoms with E-state index in [1.54, 1.807) is 48.5 Å². The molecule has 1 aliphatic heterocycles. The van der Waals surface area contributed by atoms with Crippen LogP contribution in [0.25, 0.3) is 0 Å². The molecule has 0 saturated heterocycles. The predicted octanol–water partition coefficient (Wildman–Crippen LogP) is 2.25. The first-order chi connectivity index (χ1) is 12.1. The molecule has 1 N–H and O–H groups in total. The minimum Gasteiger partial charge on any atom is -0.494 e. The maximum atomic E-state index is 12.4. The van der Waals surface area contributed by atoms with Crippen molar-refractivity contribution in [2.75, 3.05) is 18.5 Å². The lowest BCUT2D eigenvalue weighted by Crippen LogP contribution is -2.46. The molecule has 25 heavy (non-hydrogen) atoms. The highest BCUT2D eigenvalue weighted by Gasteiger charge is 2.31. The summed E-state index contributed by atoms with van der Waals surface area (Å²) in [7, 11) is 0. The molecule has 6 nitrogen and oxygen atoms in total. The van der Waals surface area contributed by atoms with Crippen LogP contribution in [0.3, 0.4) is 0 Å². The molecule has 0 unspecified atom stereocenters. The van der Waals surface area contributed by atoms with E-state index in [1.165, 1.54) is 0 Å². The molecule has 128 valence electrons. The fraction of sp³-hybridized carbons (Fsp3) is 0.211. The fourth-order valence-electron chi connectivity index (χ4n) is 2.71. The van der Waals surface area contributed by atoms with Crippen LogP contribution in [0, 0.1) is 0 Å². The minimum absolute atomic E-state index is 0.123. The molecule has 0 spiro atoms. The number of nitrogens with zero attached hydrogens (tertiary/aromatic N) is 1. The molecule has 3 rings (SSSR count). The number of carbonyl (C=O) groups is 3. The Balaban J connectivity index is 1.66. The van der Waals surface area contributed by atoms with Gasteiger partial charge in [0, 0.05) is 11.3 Å². The highest BCUT2D eigenvalue weighted by Crippen LogP contribution is 2.20. The van der Waals surface area contributed by atoms with Gasteiger partial charge in [-0.15, -0.1) is 0 Å². The number of hydrogen-bond donors (Lipinski definition) is 1. The van der Waals surface area contributed by atoms with E-state index in [0.717, 1.165) is 4.90 Å². The second kappa shape index (κ2) is 7.17. The maximum absolute atomic E-state index is 12.4. The SMILES string of the molecule is CCOc1ccc(NC(=O)CN2C(=O)Cc3ccccc3C2=O)cc1. The second-order valence-electron chi connectivity index (χ2n) is 5.62. The van der Waals surface area contributed by atoms with Gasteiger partial charge in [0.15, 0.2) is 0 Å². The van der Waals surface area contributed by atoms with Crippen LogP contribution in [0.15, 0.2) is 48.5 Å². The van der Waals surface area contributed by atoms with E-state index < -0.39 is 11.8 Å². The molecule has 1 heterocycles. The van der Waals surface area contributed by atoms with Crippen LogP contribution in [-0.2, 0) is 16.0 Å². The zero-order valence-corrected chi connectivity index (χ0v) is 13.8. The number of anilines is 1. The molecular formula is C19H18N2O4. The van der Waals surface area contributed by atoms with Gasteiger partial charge in [0.25, 0.3) is 5.91 Å². The molecule has 0 aromatic heterocycles. The first-order valence-corrected chi connectivity index (χ1v) is 8.04. The highest BCUT2D eigenvalue weighted by molar-refractivity contribution is 6.12. The Labute approximate surface area is 145 Å². The number of amides is 3. The van der Waals surface area contributed by atoms with E-state index in [1.807, 2.05) is 6.92 Å². The number of ether oxygens (including phenoxy) is 1. The van der Waals surface area contributed by atoms with Crippen molar-refractivity contribution in [1.29, 1.82) is 0 Å². The monoisotopic (exact) mass is 338 g/mol. The fourth-order valence-corrected chi connectivity index (χ4v) is 2.71. The molecule has 3 amide bonds. The van der Waals surface area contributed by atoms with E-state index in [2.05, 4.69) is 5.32 Å². The summed E-state index contributed by atoms with van der Waals surface area (Å²) < 4.78 is 5.34. The summed E-state index contributed by atoms with van der Waals surface area (Å²) in [5, 5.41) is 2.68. The third-order valence-electron chi connectivity index (χ3n) is 3.89. The lowest BCUT2D eigenvalue weighted by atomic mass is 9.98. The van der Waals surface area contributed by atoms with E-state index in [4.69, 9.17) is 4.74 Å². The molecule has 0 atom stereocenters. The quantitative estimate of drug-likeness (QED) is 0.849. The smallest absolute Gasteiger partial charge is 0.261 e. The van der Waals surface area contributed by atoms with Crippen LogP contribution in [0.2, 0.25) is 0 Å². The molecule has 1 aliphatic rings. The number of carbonyl (C=O) groups excluding carboxylic acids is 3. The van der Waals surface area contributed by atoms with Gasteiger partial charge in [-0.2, -0.15) is 0 Å². The van der Waals surface area contributed by atoms with Gasteiger partial charge < -0.3 is 10.1 Å². The average Bonchev–Trinajstić information content (AvgIpc) is 2.60. The van der Waals surface area contributed by atoms with Crippen molar-refractivity contribution in [1.82, 2.24) is 4.90 Å². The van der Waals surface area contributed by atoms with Gasteiger partial charge in [-0.25, -0.2) is 0 Å². The van der Waals surface area contributed by atoms with Crippen LogP contribution >= 0.6 is 0 Å². The molecule has 0 bridgehead atoms. The van der Waals surface area contributed by atoms with Crippen LogP contribution in [0.4, 0.5) is 5.69 Å². The number of imide groups is 1. The summed E-state index contributed by atoms with van der Waals surface area (Å²) in [5.41, 5.74) is 1.74. The number of fused-ring (bicyclic) bond motifs is 1. The zero-order valence-electron chi connectivity index (χ0n) is 13.8. The van der Waals surface area contributed by atoms with Crippen molar-refractivity contribution >= 4 is 23.4 Å². The standard InChI is InChI=1S/C19H18N2O4/c1-2-25-15-9-7-14(8-10-15)20-17(22)12-21-18(23)11-13-5-3-4-6-16(13)19(21)24/h3-10H,2,11-12H2,1H3,(H,20,22). The number of nitrogens with one attached hydrogen (secondary N) is 1. The Morgan fingerprint density at radius 3 is 2.56 bits per heavy atom. The Morgan fingerprint density at radius 1 is 1.12 bits per heavy atom. The molecule has 0 radical (unpaired) electrons. The van der Waals surface area contributed by atoms with Crippen molar-refractivity contribution in [3.63, 3.8) is 0 Å². The minimum atomic E-state index is -0.436. The molecule has 2 aromatic carbocycles. The van der Waals surface area contributed by atoms with E-state index in [0.29, 0.717) is 29.2 Å². The van der Waals surface area contributed by atoms with Crippen molar-refractivity contribution in [3.05, 3.63) is 59.7 Å². The lowest BCUT2D eigenvalue weighted by molar-refractivity contribution is -0.131. The summed E-state index contributed by atoms with van der Waals surface area (Å²) >= 11 is 0. The third kappa shape index (κ3) is 3.68. The van der Waals surface area contributed by atoms with Crippen LogP contribution < -0.4 is 10.1 Å². The Kier molecular flexibility index (Phi) is 4.79. The molecule has 6 heteroatoms. The van der Waals surface area contributed by atoms with Crippen molar-refractivity contribution in [3.8, 4) is 5.75 Å². The van der Waals surface area contributed by atoms with Gasteiger partial charge in [0.1, 0.15) is 12.3 Å². The predicted molar refractivity (Wildman–Crippen MR) is 92.4 cm³/mol. The lowest BCUT2D eigenvalue weighted by Gasteiger charge is -2.26. The highest BCUT2D eigenvalue weighted by atomic mass is 16.5. The molecule has 0 saturated carbocycles. The summed E-state index contributed by atoms with van der Waals surface area (Å²) in [6.07, 6.45) is 0.123. The average molecular weight is 338 g/mol. The first kappa shape index (κ1) is 16.7. The zero-order chi connectivity index (χ0) is 17.8. The van der Waals surface area contributed by atoms with Crippen molar-refractivity contribution in [2.24, 2.45) is 0 Å². The van der Waals surface area contributed by atoms with Gasteiger partial charge in [-0.05, 0) is 42.8 Å². The Hall–Kier alpha value is -3.15. The number of benzene rings is 2. The Bertz CT molecular complexity index is 814. The topological polar surface area (TPSA) is 75.7 Å². The van der Waals surface area contributed by atoms with Gasteiger partial charge in [0.2, 0.25) is 11.8 Å². The number of hydrogen-bond acceptors (Lipinski definition) is 4.